The molecule has 0 spiro atoms. The third-order valence-electron chi connectivity index (χ3n) is 7.94. The zero-order chi connectivity index (χ0) is 26.9. The van der Waals surface area contributed by atoms with Gasteiger partial charge in [-0.3, -0.25) is 0 Å². The van der Waals surface area contributed by atoms with Gasteiger partial charge in [0.2, 0.25) is 11.9 Å². The van der Waals surface area contributed by atoms with Gasteiger partial charge < -0.3 is 25.8 Å². The maximum atomic E-state index is 6.16. The molecular weight excluding hydrogens is 490 g/mol. The van der Waals surface area contributed by atoms with E-state index >= 15 is 0 Å². The second kappa shape index (κ2) is 10.8. The number of rotatable bonds is 7. The second-order valence-corrected chi connectivity index (χ2v) is 11.1. The number of benzene rings is 1. The Kier molecular flexibility index (Phi) is 7.09. The number of anilines is 3. The van der Waals surface area contributed by atoms with E-state index in [0.717, 1.165) is 86.2 Å². The fraction of sp³-hybridized carbons (Fsp3) is 0.500. The lowest BCUT2D eigenvalue weighted by Gasteiger charge is -2.32. The maximum absolute atomic E-state index is 6.16. The van der Waals surface area contributed by atoms with Crippen molar-refractivity contribution in [1.82, 2.24) is 34.3 Å². The van der Waals surface area contributed by atoms with Gasteiger partial charge in [-0.15, -0.1) is 0 Å². The summed E-state index contributed by atoms with van der Waals surface area (Å²) in [6.45, 7) is 10.8. The predicted molar refractivity (Wildman–Crippen MR) is 155 cm³/mol. The van der Waals surface area contributed by atoms with Crippen LogP contribution in [0.1, 0.15) is 43.7 Å². The van der Waals surface area contributed by atoms with E-state index in [1.807, 2.05) is 21.6 Å². The minimum atomic E-state index is 0.249. The van der Waals surface area contributed by atoms with Gasteiger partial charge in [0.05, 0.1) is 30.0 Å². The molecule has 0 atom stereocenters. The van der Waals surface area contributed by atoms with Crippen molar-refractivity contribution in [2.24, 2.45) is 5.73 Å². The Morgan fingerprint density at radius 1 is 0.949 bits per heavy atom. The number of piperazine rings is 1. The number of nitrogens with one attached hydrogen (secondary N) is 1. The molecule has 5 heterocycles. The van der Waals surface area contributed by atoms with Crippen molar-refractivity contribution in [3.63, 3.8) is 0 Å². The fourth-order valence-corrected chi connectivity index (χ4v) is 5.38. The first-order valence-electron chi connectivity index (χ1n) is 14.0. The molecule has 0 amide bonds. The molecule has 0 aliphatic carbocycles. The molecule has 4 aromatic rings. The molecule has 2 fully saturated rings. The average molecular weight is 530 g/mol. The molecule has 2 aliphatic rings. The summed E-state index contributed by atoms with van der Waals surface area (Å²) < 4.78 is 3.81. The third-order valence-corrected chi connectivity index (χ3v) is 7.94. The zero-order valence-corrected chi connectivity index (χ0v) is 23.2. The van der Waals surface area contributed by atoms with Crippen LogP contribution < -0.4 is 20.9 Å². The van der Waals surface area contributed by atoms with E-state index in [9.17, 15) is 0 Å². The number of fused-ring (bicyclic) bond motifs is 1. The Morgan fingerprint density at radius 2 is 1.72 bits per heavy atom. The van der Waals surface area contributed by atoms with Gasteiger partial charge in [-0.1, -0.05) is 32.0 Å². The summed E-state index contributed by atoms with van der Waals surface area (Å²) in [4.78, 5) is 16.9. The number of hydrogen-bond acceptors (Lipinski definition) is 9. The Morgan fingerprint density at radius 3 is 2.49 bits per heavy atom. The molecule has 2 aliphatic heterocycles. The SMILES string of the molecule is CC(C)c1cnn2c(NCc3ccccc3-n3cc(N4CCN(C)CC4)cn3)nc(N3CCC(N)CC3)nc12. The van der Waals surface area contributed by atoms with Crippen molar-refractivity contribution < 1.29 is 0 Å². The number of para-hydroxylation sites is 1. The number of piperidine rings is 1. The van der Waals surface area contributed by atoms with Crippen molar-refractivity contribution in [3.05, 3.63) is 54.0 Å². The van der Waals surface area contributed by atoms with Crippen LogP contribution in [-0.4, -0.2) is 86.6 Å². The van der Waals surface area contributed by atoms with E-state index in [0.29, 0.717) is 18.4 Å². The van der Waals surface area contributed by atoms with Crippen LogP contribution in [0, 0.1) is 0 Å². The van der Waals surface area contributed by atoms with E-state index in [4.69, 9.17) is 20.8 Å². The summed E-state index contributed by atoms with van der Waals surface area (Å²) in [5.74, 6) is 1.73. The summed E-state index contributed by atoms with van der Waals surface area (Å²) in [6, 6.07) is 8.61. The molecule has 39 heavy (non-hydrogen) atoms. The highest BCUT2D eigenvalue weighted by molar-refractivity contribution is 5.57. The predicted octanol–water partition coefficient (Wildman–Crippen LogP) is 2.72. The first-order valence-corrected chi connectivity index (χ1v) is 14.0. The van der Waals surface area contributed by atoms with Crippen LogP contribution in [0.5, 0.6) is 0 Å². The lowest BCUT2D eigenvalue weighted by Crippen LogP contribution is -2.44. The minimum absolute atomic E-state index is 0.249. The monoisotopic (exact) mass is 529 g/mol. The van der Waals surface area contributed by atoms with Crippen molar-refractivity contribution in [3.8, 4) is 5.69 Å². The van der Waals surface area contributed by atoms with Gasteiger partial charge in [0.1, 0.15) is 0 Å². The van der Waals surface area contributed by atoms with Crippen LogP contribution in [0.3, 0.4) is 0 Å². The van der Waals surface area contributed by atoms with E-state index < -0.39 is 0 Å². The average Bonchev–Trinajstić information content (AvgIpc) is 3.61. The fourth-order valence-electron chi connectivity index (χ4n) is 5.38. The number of hydrogen-bond donors (Lipinski definition) is 2. The van der Waals surface area contributed by atoms with E-state index in [1.165, 1.54) is 0 Å². The first kappa shape index (κ1) is 25.6. The van der Waals surface area contributed by atoms with Crippen LogP contribution >= 0.6 is 0 Å². The van der Waals surface area contributed by atoms with Gasteiger partial charge in [-0.25, -0.2) is 4.68 Å². The molecule has 206 valence electrons. The van der Waals surface area contributed by atoms with Crippen LogP contribution in [0.15, 0.2) is 42.9 Å². The standard InChI is InChI=1S/C28H39N11/c1-20(2)24-18-32-39-26(24)33-28(37-10-8-22(29)9-11-37)34-27(39)30-16-21-6-4-5-7-25(21)38-19-23(17-31-38)36-14-12-35(3)13-15-36/h4-7,17-20,22H,8-16,29H2,1-3H3,(H,30,33,34). The largest absolute Gasteiger partial charge is 0.366 e. The molecule has 0 radical (unpaired) electrons. The van der Waals surface area contributed by atoms with E-state index in [-0.39, 0.29) is 6.04 Å². The third kappa shape index (κ3) is 5.28. The van der Waals surface area contributed by atoms with Crippen LogP contribution in [0.4, 0.5) is 17.6 Å². The Balaban J connectivity index is 1.27. The second-order valence-electron chi connectivity index (χ2n) is 11.1. The van der Waals surface area contributed by atoms with Crippen LogP contribution in [0.25, 0.3) is 11.3 Å². The maximum Gasteiger partial charge on any atom is 0.230 e. The Bertz CT molecular complexity index is 1410. The van der Waals surface area contributed by atoms with Gasteiger partial charge >= 0.3 is 0 Å². The summed E-state index contributed by atoms with van der Waals surface area (Å²) in [5, 5.41) is 13.0. The van der Waals surface area contributed by atoms with Gasteiger partial charge in [0.25, 0.3) is 0 Å². The summed E-state index contributed by atoms with van der Waals surface area (Å²) in [5.41, 5.74) is 11.5. The zero-order valence-electron chi connectivity index (χ0n) is 23.2. The lowest BCUT2D eigenvalue weighted by atomic mass is 10.1. The van der Waals surface area contributed by atoms with Crippen molar-refractivity contribution >= 4 is 23.2 Å². The van der Waals surface area contributed by atoms with Gasteiger partial charge in [-0.2, -0.15) is 24.7 Å². The summed E-state index contributed by atoms with van der Waals surface area (Å²) in [6.07, 6.45) is 7.90. The van der Waals surface area contributed by atoms with Gasteiger partial charge in [0.15, 0.2) is 5.65 Å². The minimum Gasteiger partial charge on any atom is -0.366 e. The highest BCUT2D eigenvalue weighted by Gasteiger charge is 2.22. The van der Waals surface area contributed by atoms with Crippen LogP contribution in [-0.2, 0) is 6.54 Å². The Hall–Kier alpha value is -3.70. The highest BCUT2D eigenvalue weighted by Crippen LogP contribution is 2.26. The molecule has 1 aromatic carbocycles. The molecule has 11 nitrogen and oxygen atoms in total. The summed E-state index contributed by atoms with van der Waals surface area (Å²) in [7, 11) is 2.17. The number of aromatic nitrogens is 6. The lowest BCUT2D eigenvalue weighted by molar-refractivity contribution is 0.313. The van der Waals surface area contributed by atoms with E-state index in [2.05, 4.69) is 76.5 Å². The molecule has 0 bridgehead atoms. The quantitative estimate of drug-likeness (QED) is 0.374. The molecule has 6 rings (SSSR count). The van der Waals surface area contributed by atoms with Crippen LogP contribution in [0.2, 0.25) is 0 Å². The van der Waals surface area contributed by atoms with Crippen molar-refractivity contribution in [1.29, 1.82) is 0 Å². The topological polar surface area (TPSA) is 109 Å². The van der Waals surface area contributed by atoms with Gasteiger partial charge in [0, 0.05) is 57.4 Å². The molecular formula is C28H39N11. The van der Waals surface area contributed by atoms with Gasteiger partial charge in [-0.05, 0) is 37.4 Å². The number of nitrogens with zero attached hydrogens (tertiary/aromatic N) is 9. The number of likely N-dealkylation sites (N-methyl/N-ethyl adjacent to an activating group) is 1. The number of nitrogens with two attached hydrogens (primary N) is 1. The van der Waals surface area contributed by atoms with Crippen molar-refractivity contribution in [2.45, 2.75) is 45.2 Å². The Labute approximate surface area is 229 Å². The summed E-state index contributed by atoms with van der Waals surface area (Å²) >= 11 is 0. The smallest absolute Gasteiger partial charge is 0.230 e. The molecule has 3 N–H and O–H groups in total. The molecule has 11 heteroatoms. The molecule has 0 saturated carbocycles. The molecule has 2 saturated heterocycles. The normalized spacial score (nSPS) is 17.5. The highest BCUT2D eigenvalue weighted by atomic mass is 15.4. The first-order chi connectivity index (χ1) is 19.0. The van der Waals surface area contributed by atoms with E-state index in [1.54, 1.807) is 0 Å². The molecule has 3 aromatic heterocycles. The molecule has 0 unspecified atom stereocenters. The van der Waals surface area contributed by atoms with Crippen molar-refractivity contribution in [2.75, 3.05) is 61.4 Å².